The maximum atomic E-state index is 12.5. The van der Waals surface area contributed by atoms with Crippen LogP contribution < -0.4 is 5.32 Å². The van der Waals surface area contributed by atoms with Crippen LogP contribution in [0.4, 0.5) is 0 Å². The van der Waals surface area contributed by atoms with Crippen molar-refractivity contribution in [2.24, 2.45) is 0 Å². The van der Waals surface area contributed by atoms with Crippen molar-refractivity contribution >= 4 is 23.2 Å². The van der Waals surface area contributed by atoms with Gasteiger partial charge in [0.25, 0.3) is 5.91 Å². The van der Waals surface area contributed by atoms with Gasteiger partial charge in [-0.05, 0) is 35.6 Å². The average molecular weight is 357 g/mol. The topological polar surface area (TPSA) is 75.6 Å². The number of carboxylic acids is 1. The Morgan fingerprint density at radius 3 is 2.84 bits per heavy atom. The van der Waals surface area contributed by atoms with Crippen LogP contribution in [0.2, 0.25) is 0 Å². The minimum atomic E-state index is -1.12. The SMILES string of the molecule is C=CCOCC(NC(=O)c1cc2c(s1)-c1ccccc1CC2)C(=O)O. The second kappa shape index (κ2) is 7.63. The highest BCUT2D eigenvalue weighted by Crippen LogP contribution is 2.39. The van der Waals surface area contributed by atoms with Crippen molar-refractivity contribution in [3.63, 3.8) is 0 Å². The molecule has 1 amide bonds. The van der Waals surface area contributed by atoms with Gasteiger partial charge in [-0.25, -0.2) is 4.79 Å². The first kappa shape index (κ1) is 17.4. The number of carboxylic acid groups (broad SMARTS) is 1. The quantitative estimate of drug-likeness (QED) is 0.590. The summed E-state index contributed by atoms with van der Waals surface area (Å²) >= 11 is 1.41. The van der Waals surface area contributed by atoms with E-state index in [9.17, 15) is 14.7 Å². The highest BCUT2D eigenvalue weighted by Gasteiger charge is 2.25. The van der Waals surface area contributed by atoms with Crippen molar-refractivity contribution in [1.29, 1.82) is 0 Å². The van der Waals surface area contributed by atoms with Crippen LogP contribution in [0, 0.1) is 0 Å². The maximum absolute atomic E-state index is 12.5. The zero-order valence-corrected chi connectivity index (χ0v) is 14.5. The summed E-state index contributed by atoms with van der Waals surface area (Å²) < 4.78 is 5.16. The molecule has 0 bridgehead atoms. The molecule has 5 nitrogen and oxygen atoms in total. The van der Waals surface area contributed by atoms with Crippen molar-refractivity contribution < 1.29 is 19.4 Å². The van der Waals surface area contributed by atoms with Crippen LogP contribution >= 0.6 is 11.3 Å². The Labute approximate surface area is 149 Å². The van der Waals surface area contributed by atoms with Crippen molar-refractivity contribution in [2.45, 2.75) is 18.9 Å². The van der Waals surface area contributed by atoms with E-state index >= 15 is 0 Å². The van der Waals surface area contributed by atoms with Crippen LogP contribution in [-0.2, 0) is 22.4 Å². The largest absolute Gasteiger partial charge is 0.480 e. The van der Waals surface area contributed by atoms with Gasteiger partial charge in [-0.1, -0.05) is 30.3 Å². The lowest BCUT2D eigenvalue weighted by Crippen LogP contribution is -2.43. The molecule has 130 valence electrons. The van der Waals surface area contributed by atoms with E-state index in [1.165, 1.54) is 23.0 Å². The summed E-state index contributed by atoms with van der Waals surface area (Å²) in [6.45, 7) is 3.65. The molecule has 0 aliphatic heterocycles. The van der Waals surface area contributed by atoms with Crippen molar-refractivity contribution in [2.75, 3.05) is 13.2 Å². The van der Waals surface area contributed by atoms with Gasteiger partial charge >= 0.3 is 5.97 Å². The Bertz CT molecular complexity index is 812. The number of aryl methyl sites for hydroxylation is 2. The predicted octanol–water partition coefficient (Wildman–Crippen LogP) is 2.90. The van der Waals surface area contributed by atoms with Gasteiger partial charge in [0.2, 0.25) is 0 Å². The number of aliphatic carboxylic acids is 1. The first-order chi connectivity index (χ1) is 12.1. The second-order valence-corrected chi connectivity index (χ2v) is 6.86. The van der Waals surface area contributed by atoms with E-state index < -0.39 is 12.0 Å². The van der Waals surface area contributed by atoms with Crippen LogP contribution in [0.25, 0.3) is 10.4 Å². The van der Waals surface area contributed by atoms with Crippen molar-refractivity contribution in [3.05, 3.63) is 59.0 Å². The molecule has 1 aromatic heterocycles. The number of nitrogens with one attached hydrogen (secondary N) is 1. The molecule has 0 saturated heterocycles. The molecule has 3 rings (SSSR count). The zero-order valence-electron chi connectivity index (χ0n) is 13.7. The number of thiophene rings is 1. The molecule has 1 aliphatic rings. The van der Waals surface area contributed by atoms with Gasteiger partial charge in [0.15, 0.2) is 6.04 Å². The summed E-state index contributed by atoms with van der Waals surface area (Å²) in [5.74, 6) is -1.50. The number of carbonyl (C=O) groups excluding carboxylic acids is 1. The van der Waals surface area contributed by atoms with Crippen LogP contribution in [0.15, 0.2) is 43.0 Å². The van der Waals surface area contributed by atoms with E-state index in [0.29, 0.717) is 4.88 Å². The summed E-state index contributed by atoms with van der Waals surface area (Å²) in [6.07, 6.45) is 3.38. The Balaban J connectivity index is 1.77. The van der Waals surface area contributed by atoms with Crippen LogP contribution in [0.5, 0.6) is 0 Å². The molecule has 0 saturated carbocycles. The minimum absolute atomic E-state index is 0.0962. The third-order valence-corrected chi connectivity index (χ3v) is 5.29. The number of benzene rings is 1. The molecule has 0 spiro atoms. The van der Waals surface area contributed by atoms with Crippen LogP contribution in [-0.4, -0.2) is 36.2 Å². The number of rotatable bonds is 7. The summed E-state index contributed by atoms with van der Waals surface area (Å²) in [4.78, 5) is 25.4. The van der Waals surface area contributed by atoms with E-state index in [1.807, 2.05) is 18.2 Å². The fraction of sp³-hybridized carbons (Fsp3) is 0.263. The third-order valence-electron chi connectivity index (χ3n) is 4.08. The predicted molar refractivity (Wildman–Crippen MR) is 97.1 cm³/mol. The summed E-state index contributed by atoms with van der Waals surface area (Å²) in [6, 6.07) is 8.97. The number of hydrogen-bond acceptors (Lipinski definition) is 4. The van der Waals surface area contributed by atoms with Crippen LogP contribution in [0.1, 0.15) is 20.8 Å². The Morgan fingerprint density at radius 1 is 1.32 bits per heavy atom. The molecule has 1 unspecified atom stereocenters. The van der Waals surface area contributed by atoms with E-state index in [4.69, 9.17) is 4.74 Å². The number of fused-ring (bicyclic) bond motifs is 3. The average Bonchev–Trinajstić information content (AvgIpc) is 3.05. The van der Waals surface area contributed by atoms with E-state index in [2.05, 4.69) is 24.0 Å². The first-order valence-electron chi connectivity index (χ1n) is 8.03. The van der Waals surface area contributed by atoms with Crippen molar-refractivity contribution in [3.8, 4) is 10.4 Å². The van der Waals surface area contributed by atoms with Crippen molar-refractivity contribution in [1.82, 2.24) is 5.32 Å². The van der Waals surface area contributed by atoms with E-state index in [-0.39, 0.29) is 19.1 Å². The molecule has 6 heteroatoms. The number of ether oxygens (including phenoxy) is 1. The standard InChI is InChI=1S/C19H19NO4S/c1-2-9-24-11-15(19(22)23)20-18(21)16-10-13-8-7-12-5-3-4-6-14(12)17(13)25-16/h2-6,10,15H,1,7-9,11H2,(H,20,21)(H,22,23). The molecular formula is C19H19NO4S. The molecule has 1 atom stereocenters. The molecule has 0 radical (unpaired) electrons. The number of hydrogen-bond donors (Lipinski definition) is 2. The molecule has 1 heterocycles. The first-order valence-corrected chi connectivity index (χ1v) is 8.85. The molecule has 1 aromatic carbocycles. The fourth-order valence-corrected chi connectivity index (χ4v) is 4.03. The highest BCUT2D eigenvalue weighted by atomic mass is 32.1. The lowest BCUT2D eigenvalue weighted by atomic mass is 9.91. The van der Waals surface area contributed by atoms with Gasteiger partial charge in [0.05, 0.1) is 18.1 Å². The van der Waals surface area contributed by atoms with Gasteiger partial charge < -0.3 is 15.2 Å². The molecule has 1 aliphatic carbocycles. The second-order valence-electron chi connectivity index (χ2n) is 5.81. The molecular weight excluding hydrogens is 338 g/mol. The van der Waals surface area contributed by atoms with Gasteiger partial charge in [0.1, 0.15) is 0 Å². The lowest BCUT2D eigenvalue weighted by molar-refractivity contribution is -0.140. The van der Waals surface area contributed by atoms with E-state index in [0.717, 1.165) is 28.8 Å². The molecule has 2 N–H and O–H groups in total. The van der Waals surface area contributed by atoms with Gasteiger partial charge in [-0.2, -0.15) is 0 Å². The minimum Gasteiger partial charge on any atom is -0.480 e. The number of carbonyl (C=O) groups is 2. The molecule has 0 fully saturated rings. The number of amides is 1. The normalized spacial score (nSPS) is 13.4. The lowest BCUT2D eigenvalue weighted by Gasteiger charge is -2.15. The summed E-state index contributed by atoms with van der Waals surface area (Å²) in [7, 11) is 0. The third kappa shape index (κ3) is 3.81. The highest BCUT2D eigenvalue weighted by molar-refractivity contribution is 7.17. The maximum Gasteiger partial charge on any atom is 0.328 e. The van der Waals surface area contributed by atoms with Gasteiger partial charge in [-0.3, -0.25) is 4.79 Å². The zero-order chi connectivity index (χ0) is 17.8. The van der Waals surface area contributed by atoms with E-state index in [1.54, 1.807) is 0 Å². The van der Waals surface area contributed by atoms with Gasteiger partial charge in [-0.15, -0.1) is 17.9 Å². The fourth-order valence-electron chi connectivity index (χ4n) is 2.86. The Morgan fingerprint density at radius 2 is 2.08 bits per heavy atom. The molecule has 25 heavy (non-hydrogen) atoms. The smallest absolute Gasteiger partial charge is 0.328 e. The van der Waals surface area contributed by atoms with Crippen LogP contribution in [0.3, 0.4) is 0 Å². The molecule has 2 aromatic rings. The monoisotopic (exact) mass is 357 g/mol. The Hall–Kier alpha value is -2.44. The van der Waals surface area contributed by atoms with Gasteiger partial charge in [0, 0.05) is 4.88 Å². The Kier molecular flexibility index (Phi) is 5.31. The summed E-state index contributed by atoms with van der Waals surface area (Å²) in [5.41, 5.74) is 3.59. The summed E-state index contributed by atoms with van der Waals surface area (Å²) in [5, 5.41) is 11.8.